The minimum atomic E-state index is -0.258. The molecular weight excluding hydrogens is 297 g/mol. The summed E-state index contributed by atoms with van der Waals surface area (Å²) in [7, 11) is 0. The summed E-state index contributed by atoms with van der Waals surface area (Å²) >= 11 is 11.7. The Bertz CT molecular complexity index is 629. The van der Waals surface area contributed by atoms with Crippen molar-refractivity contribution < 1.29 is 9.53 Å². The van der Waals surface area contributed by atoms with Crippen LogP contribution < -0.4 is 10.1 Å². The number of hydrogen-bond acceptors (Lipinski definition) is 2. The number of carbonyl (C=O) groups excluding carboxylic acids is 1. The molecule has 0 aliphatic rings. The van der Waals surface area contributed by atoms with Gasteiger partial charge < -0.3 is 10.1 Å². The van der Waals surface area contributed by atoms with Crippen molar-refractivity contribution in [2.75, 3.05) is 11.9 Å². The van der Waals surface area contributed by atoms with Gasteiger partial charge in [0, 0.05) is 15.7 Å². The summed E-state index contributed by atoms with van der Waals surface area (Å²) in [6.07, 6.45) is 0. The molecule has 1 N–H and O–H groups in total. The van der Waals surface area contributed by atoms with Crippen LogP contribution in [0.5, 0.6) is 5.75 Å². The highest BCUT2D eigenvalue weighted by atomic mass is 35.5. The van der Waals surface area contributed by atoms with Crippen LogP contribution in [0, 0.1) is 6.92 Å². The number of amides is 1. The third-order valence-electron chi connectivity index (χ3n) is 2.62. The maximum Gasteiger partial charge on any atom is 0.262 e. The molecule has 2 rings (SSSR count). The van der Waals surface area contributed by atoms with Gasteiger partial charge >= 0.3 is 0 Å². The first-order valence-corrected chi connectivity index (χ1v) is 6.74. The highest BCUT2D eigenvalue weighted by Gasteiger charge is 2.06. The standard InChI is InChI=1S/C15H13Cl2NO2/c1-10-5-6-12(17)8-14(10)20-9-15(19)18-13-4-2-3-11(16)7-13/h2-8H,9H2,1H3,(H,18,19). The molecule has 1 amide bonds. The number of carbonyl (C=O) groups is 1. The lowest BCUT2D eigenvalue weighted by Crippen LogP contribution is -2.20. The first-order chi connectivity index (χ1) is 9.54. The molecule has 0 aliphatic heterocycles. The second kappa shape index (κ2) is 6.64. The molecular formula is C15H13Cl2NO2. The maximum atomic E-state index is 11.8. The lowest BCUT2D eigenvalue weighted by Gasteiger charge is -2.10. The van der Waals surface area contributed by atoms with Gasteiger partial charge in [0.1, 0.15) is 5.75 Å². The monoisotopic (exact) mass is 309 g/mol. The van der Waals surface area contributed by atoms with Crippen molar-refractivity contribution in [3.05, 3.63) is 58.1 Å². The van der Waals surface area contributed by atoms with Crippen LogP contribution in [0.3, 0.4) is 0 Å². The Kier molecular flexibility index (Phi) is 4.88. The van der Waals surface area contributed by atoms with Crippen molar-refractivity contribution in [1.29, 1.82) is 0 Å². The number of rotatable bonds is 4. The quantitative estimate of drug-likeness (QED) is 0.913. The third kappa shape index (κ3) is 4.15. The third-order valence-corrected chi connectivity index (χ3v) is 3.09. The second-order valence-corrected chi connectivity index (χ2v) is 5.13. The fraction of sp³-hybridized carbons (Fsp3) is 0.133. The van der Waals surface area contributed by atoms with E-state index in [1.165, 1.54) is 0 Å². The second-order valence-electron chi connectivity index (χ2n) is 4.26. The maximum absolute atomic E-state index is 11.8. The molecule has 0 saturated carbocycles. The van der Waals surface area contributed by atoms with E-state index in [1.807, 2.05) is 13.0 Å². The summed E-state index contributed by atoms with van der Waals surface area (Å²) < 4.78 is 5.45. The SMILES string of the molecule is Cc1ccc(Cl)cc1OCC(=O)Nc1cccc(Cl)c1. The molecule has 104 valence electrons. The minimum Gasteiger partial charge on any atom is -0.483 e. The van der Waals surface area contributed by atoms with Gasteiger partial charge in [-0.15, -0.1) is 0 Å². The molecule has 2 aromatic carbocycles. The molecule has 0 atom stereocenters. The number of halogens is 2. The van der Waals surface area contributed by atoms with Crippen LogP contribution in [0.15, 0.2) is 42.5 Å². The molecule has 0 radical (unpaired) electrons. The van der Waals surface area contributed by atoms with Crippen LogP contribution in [-0.4, -0.2) is 12.5 Å². The lowest BCUT2D eigenvalue weighted by molar-refractivity contribution is -0.118. The summed E-state index contributed by atoms with van der Waals surface area (Å²) in [6.45, 7) is 1.80. The van der Waals surface area contributed by atoms with Crippen LogP contribution in [0.1, 0.15) is 5.56 Å². The highest BCUT2D eigenvalue weighted by Crippen LogP contribution is 2.22. The van der Waals surface area contributed by atoms with Gasteiger partial charge in [0.05, 0.1) is 0 Å². The molecule has 20 heavy (non-hydrogen) atoms. The molecule has 0 heterocycles. The molecule has 0 fully saturated rings. The molecule has 0 spiro atoms. The van der Waals surface area contributed by atoms with E-state index in [9.17, 15) is 4.79 Å². The Morgan fingerprint density at radius 3 is 2.65 bits per heavy atom. The Morgan fingerprint density at radius 2 is 1.90 bits per heavy atom. The zero-order valence-electron chi connectivity index (χ0n) is 10.8. The van der Waals surface area contributed by atoms with E-state index in [4.69, 9.17) is 27.9 Å². The molecule has 5 heteroatoms. The van der Waals surface area contributed by atoms with E-state index in [0.29, 0.717) is 21.5 Å². The van der Waals surface area contributed by atoms with Crippen LogP contribution in [0.25, 0.3) is 0 Å². The van der Waals surface area contributed by atoms with Crippen LogP contribution in [0.4, 0.5) is 5.69 Å². The molecule has 0 bridgehead atoms. The fourth-order valence-corrected chi connectivity index (χ4v) is 1.99. The summed E-state index contributed by atoms with van der Waals surface area (Å²) in [6, 6.07) is 12.2. The Hall–Kier alpha value is -1.71. The Morgan fingerprint density at radius 1 is 1.15 bits per heavy atom. The minimum absolute atomic E-state index is 0.0896. The van der Waals surface area contributed by atoms with Gasteiger partial charge in [-0.05, 0) is 42.8 Å². The average Bonchev–Trinajstić information content (AvgIpc) is 2.40. The topological polar surface area (TPSA) is 38.3 Å². The van der Waals surface area contributed by atoms with Gasteiger partial charge in [0.15, 0.2) is 6.61 Å². The van der Waals surface area contributed by atoms with Crippen molar-refractivity contribution in [3.63, 3.8) is 0 Å². The molecule has 0 saturated heterocycles. The first kappa shape index (κ1) is 14.7. The summed E-state index contributed by atoms with van der Waals surface area (Å²) in [5, 5.41) is 3.84. The zero-order valence-corrected chi connectivity index (χ0v) is 12.3. The number of ether oxygens (including phenoxy) is 1. The number of nitrogens with one attached hydrogen (secondary N) is 1. The van der Waals surface area contributed by atoms with Crippen LogP contribution in [-0.2, 0) is 4.79 Å². The lowest BCUT2D eigenvalue weighted by atomic mass is 10.2. The van der Waals surface area contributed by atoms with Crippen LogP contribution in [0.2, 0.25) is 10.0 Å². The Balaban J connectivity index is 1.94. The number of benzene rings is 2. The molecule has 0 aromatic heterocycles. The van der Waals surface area contributed by atoms with Gasteiger partial charge in [-0.2, -0.15) is 0 Å². The molecule has 3 nitrogen and oxygen atoms in total. The van der Waals surface area contributed by atoms with Crippen LogP contribution >= 0.6 is 23.2 Å². The number of anilines is 1. The summed E-state index contributed by atoms with van der Waals surface area (Å²) in [5.74, 6) is 0.338. The van der Waals surface area contributed by atoms with Crippen molar-refractivity contribution >= 4 is 34.8 Å². The van der Waals surface area contributed by atoms with Gasteiger partial charge in [0.2, 0.25) is 0 Å². The highest BCUT2D eigenvalue weighted by molar-refractivity contribution is 6.31. The van der Waals surface area contributed by atoms with E-state index in [0.717, 1.165) is 5.56 Å². The normalized spacial score (nSPS) is 10.2. The average molecular weight is 310 g/mol. The largest absolute Gasteiger partial charge is 0.483 e. The smallest absolute Gasteiger partial charge is 0.262 e. The van der Waals surface area contributed by atoms with Crippen molar-refractivity contribution in [3.8, 4) is 5.75 Å². The summed E-state index contributed by atoms with van der Waals surface area (Å²) in [4.78, 5) is 11.8. The van der Waals surface area contributed by atoms with Gasteiger partial charge in [-0.3, -0.25) is 4.79 Å². The van der Waals surface area contributed by atoms with Gasteiger partial charge in [-0.1, -0.05) is 35.3 Å². The van der Waals surface area contributed by atoms with Gasteiger partial charge in [0.25, 0.3) is 5.91 Å². The molecule has 2 aromatic rings. The van der Waals surface area contributed by atoms with Gasteiger partial charge in [-0.25, -0.2) is 0 Å². The summed E-state index contributed by atoms with van der Waals surface area (Å²) in [5.41, 5.74) is 1.55. The van der Waals surface area contributed by atoms with E-state index in [2.05, 4.69) is 5.32 Å². The Labute approximate surface area is 127 Å². The number of aryl methyl sites for hydroxylation is 1. The van der Waals surface area contributed by atoms with E-state index in [1.54, 1.807) is 36.4 Å². The van der Waals surface area contributed by atoms with E-state index >= 15 is 0 Å². The molecule has 0 aliphatic carbocycles. The molecule has 0 unspecified atom stereocenters. The van der Waals surface area contributed by atoms with E-state index in [-0.39, 0.29) is 12.5 Å². The fourth-order valence-electron chi connectivity index (χ4n) is 1.64. The first-order valence-electron chi connectivity index (χ1n) is 5.99. The van der Waals surface area contributed by atoms with Crippen molar-refractivity contribution in [1.82, 2.24) is 0 Å². The predicted octanol–water partition coefficient (Wildman–Crippen LogP) is 4.32. The number of hydrogen-bond donors (Lipinski definition) is 1. The van der Waals surface area contributed by atoms with E-state index < -0.39 is 0 Å². The predicted molar refractivity (Wildman–Crippen MR) is 81.8 cm³/mol. The zero-order chi connectivity index (χ0) is 14.5. The van der Waals surface area contributed by atoms with Crippen molar-refractivity contribution in [2.24, 2.45) is 0 Å². The van der Waals surface area contributed by atoms with Crippen molar-refractivity contribution in [2.45, 2.75) is 6.92 Å².